The van der Waals surface area contributed by atoms with Crippen LogP contribution in [0.3, 0.4) is 0 Å². The van der Waals surface area contributed by atoms with Crippen molar-refractivity contribution in [2.24, 2.45) is 11.8 Å². The molecule has 3 saturated carbocycles. The SMILES string of the molecule is COC(=O)C1(NC(=O)C2CCC(C(=O)NC3(C(=O)OC)CCCCC3)CC2)CCCCC1. The van der Waals surface area contributed by atoms with Gasteiger partial charge in [-0.25, -0.2) is 9.59 Å². The Labute approximate surface area is 190 Å². The lowest BCUT2D eigenvalue weighted by Crippen LogP contribution is -2.58. The molecule has 0 radical (unpaired) electrons. The normalized spacial score (nSPS) is 26.9. The number of carbonyl (C=O) groups is 4. The monoisotopic (exact) mass is 450 g/mol. The standard InChI is InChI=1S/C24H38N2O6/c1-31-21(29)23(13-5-3-6-14-23)25-19(27)17-9-11-18(12-10-17)20(28)26-24(22(30)32-2)15-7-4-8-16-24/h17-18H,3-16H2,1-2H3,(H,25,27)(H,26,28). The van der Waals surface area contributed by atoms with Crippen LogP contribution in [0.4, 0.5) is 0 Å². The van der Waals surface area contributed by atoms with E-state index in [4.69, 9.17) is 9.47 Å². The minimum Gasteiger partial charge on any atom is -0.467 e. The lowest BCUT2D eigenvalue weighted by Gasteiger charge is -2.38. The van der Waals surface area contributed by atoms with Gasteiger partial charge < -0.3 is 20.1 Å². The molecule has 0 heterocycles. The third-order valence-electron chi connectivity index (χ3n) is 7.76. The second-order valence-corrected chi connectivity index (χ2v) is 9.80. The van der Waals surface area contributed by atoms with Crippen LogP contribution in [0.2, 0.25) is 0 Å². The fourth-order valence-electron chi connectivity index (χ4n) is 5.76. The molecule has 32 heavy (non-hydrogen) atoms. The summed E-state index contributed by atoms with van der Waals surface area (Å²) in [6.45, 7) is 0. The molecule has 3 aliphatic carbocycles. The van der Waals surface area contributed by atoms with Crippen molar-refractivity contribution in [2.75, 3.05) is 14.2 Å². The van der Waals surface area contributed by atoms with E-state index >= 15 is 0 Å². The first-order valence-corrected chi connectivity index (χ1v) is 12.2. The summed E-state index contributed by atoms with van der Waals surface area (Å²) in [5, 5.41) is 6.03. The lowest BCUT2D eigenvalue weighted by atomic mass is 9.77. The van der Waals surface area contributed by atoms with E-state index in [2.05, 4.69) is 10.6 Å². The molecule has 0 unspecified atom stereocenters. The number of ether oxygens (including phenoxy) is 2. The van der Waals surface area contributed by atoms with Crippen molar-refractivity contribution >= 4 is 23.8 Å². The van der Waals surface area contributed by atoms with Crippen LogP contribution in [0.15, 0.2) is 0 Å². The van der Waals surface area contributed by atoms with Gasteiger partial charge in [-0.3, -0.25) is 9.59 Å². The first-order chi connectivity index (χ1) is 15.4. The van der Waals surface area contributed by atoms with Gasteiger partial charge in [-0.15, -0.1) is 0 Å². The Morgan fingerprint density at radius 2 is 0.906 bits per heavy atom. The van der Waals surface area contributed by atoms with E-state index in [1.807, 2.05) is 0 Å². The number of hydrogen-bond acceptors (Lipinski definition) is 6. The molecule has 8 heteroatoms. The quantitative estimate of drug-likeness (QED) is 0.602. The molecule has 180 valence electrons. The Morgan fingerprint density at radius 3 is 1.19 bits per heavy atom. The molecule has 0 spiro atoms. The van der Waals surface area contributed by atoms with Gasteiger partial charge in [0.15, 0.2) is 0 Å². The van der Waals surface area contributed by atoms with Crippen LogP contribution in [-0.2, 0) is 28.7 Å². The first kappa shape index (κ1) is 24.5. The minimum atomic E-state index is -0.911. The summed E-state index contributed by atoms with van der Waals surface area (Å²) in [5.41, 5.74) is -1.82. The zero-order valence-electron chi connectivity index (χ0n) is 19.5. The molecule has 2 N–H and O–H groups in total. The zero-order chi connectivity index (χ0) is 23.2. The van der Waals surface area contributed by atoms with Crippen molar-refractivity contribution in [3.05, 3.63) is 0 Å². The number of nitrogens with one attached hydrogen (secondary N) is 2. The van der Waals surface area contributed by atoms with E-state index in [0.29, 0.717) is 51.4 Å². The Bertz CT molecular complexity index is 641. The zero-order valence-corrected chi connectivity index (χ0v) is 19.5. The Hall–Kier alpha value is -2.12. The number of esters is 2. The van der Waals surface area contributed by atoms with Gasteiger partial charge >= 0.3 is 11.9 Å². The van der Waals surface area contributed by atoms with Gasteiger partial charge in [-0.05, 0) is 51.4 Å². The van der Waals surface area contributed by atoms with Gasteiger partial charge in [-0.2, -0.15) is 0 Å². The molecule has 3 fully saturated rings. The summed E-state index contributed by atoms with van der Waals surface area (Å²) in [6, 6.07) is 0. The highest BCUT2D eigenvalue weighted by molar-refractivity contribution is 5.90. The highest BCUT2D eigenvalue weighted by Crippen LogP contribution is 2.35. The van der Waals surface area contributed by atoms with Gasteiger partial charge in [0, 0.05) is 11.8 Å². The topological polar surface area (TPSA) is 111 Å². The van der Waals surface area contributed by atoms with E-state index in [0.717, 1.165) is 38.5 Å². The predicted molar refractivity (Wildman–Crippen MR) is 117 cm³/mol. The molecule has 0 aromatic rings. The summed E-state index contributed by atoms with van der Waals surface area (Å²) in [5.74, 6) is -1.39. The van der Waals surface area contributed by atoms with E-state index in [1.54, 1.807) is 0 Å². The first-order valence-electron chi connectivity index (χ1n) is 12.2. The summed E-state index contributed by atoms with van der Waals surface area (Å²) >= 11 is 0. The molecule has 0 aromatic heterocycles. The van der Waals surface area contributed by atoms with E-state index in [-0.39, 0.29) is 35.6 Å². The van der Waals surface area contributed by atoms with Crippen molar-refractivity contribution < 1.29 is 28.7 Å². The molecule has 0 bridgehead atoms. The number of amides is 2. The number of hydrogen-bond donors (Lipinski definition) is 2. The maximum atomic E-state index is 13.0. The van der Waals surface area contributed by atoms with Crippen LogP contribution in [0.25, 0.3) is 0 Å². The van der Waals surface area contributed by atoms with Gasteiger partial charge in [0.2, 0.25) is 11.8 Å². The maximum Gasteiger partial charge on any atom is 0.331 e. The molecule has 3 aliphatic rings. The Kier molecular flexibility index (Phi) is 8.17. The largest absolute Gasteiger partial charge is 0.467 e. The molecule has 3 rings (SSSR count). The summed E-state index contributed by atoms with van der Waals surface area (Å²) < 4.78 is 9.99. The van der Waals surface area contributed by atoms with Gasteiger partial charge in [0.1, 0.15) is 11.1 Å². The number of methoxy groups -OCH3 is 2. The minimum absolute atomic E-state index is 0.116. The van der Waals surface area contributed by atoms with Crippen LogP contribution in [0.5, 0.6) is 0 Å². The highest BCUT2D eigenvalue weighted by atomic mass is 16.5. The Balaban J connectivity index is 1.55. The molecule has 0 saturated heterocycles. The van der Waals surface area contributed by atoms with Crippen LogP contribution in [-0.4, -0.2) is 49.1 Å². The molecule has 8 nitrogen and oxygen atoms in total. The van der Waals surface area contributed by atoms with Gasteiger partial charge in [-0.1, -0.05) is 38.5 Å². The third kappa shape index (κ3) is 5.26. The summed E-state index contributed by atoms with van der Waals surface area (Å²) in [7, 11) is 2.73. The average Bonchev–Trinajstić information content (AvgIpc) is 2.84. The lowest BCUT2D eigenvalue weighted by molar-refractivity contribution is -0.154. The van der Waals surface area contributed by atoms with Crippen LogP contribution in [0, 0.1) is 11.8 Å². The van der Waals surface area contributed by atoms with Gasteiger partial charge in [0.05, 0.1) is 14.2 Å². The molecule has 0 aromatic carbocycles. The van der Waals surface area contributed by atoms with Crippen molar-refractivity contribution in [2.45, 2.75) is 101 Å². The van der Waals surface area contributed by atoms with Crippen molar-refractivity contribution in [1.82, 2.24) is 10.6 Å². The molecule has 0 aliphatic heterocycles. The van der Waals surface area contributed by atoms with E-state index < -0.39 is 11.1 Å². The Morgan fingerprint density at radius 1 is 0.594 bits per heavy atom. The van der Waals surface area contributed by atoms with Gasteiger partial charge in [0.25, 0.3) is 0 Å². The maximum absolute atomic E-state index is 13.0. The molecular weight excluding hydrogens is 412 g/mol. The molecule has 2 amide bonds. The molecular formula is C24H38N2O6. The summed E-state index contributed by atoms with van der Waals surface area (Å²) in [4.78, 5) is 50.8. The van der Waals surface area contributed by atoms with Crippen LogP contribution < -0.4 is 10.6 Å². The second kappa shape index (κ2) is 10.7. The van der Waals surface area contributed by atoms with E-state index in [9.17, 15) is 19.2 Å². The number of carbonyl (C=O) groups excluding carboxylic acids is 4. The summed E-state index contributed by atoms with van der Waals surface area (Å²) in [6.07, 6.45) is 10.5. The smallest absolute Gasteiger partial charge is 0.331 e. The van der Waals surface area contributed by atoms with E-state index in [1.165, 1.54) is 14.2 Å². The second-order valence-electron chi connectivity index (χ2n) is 9.80. The van der Waals surface area contributed by atoms with Crippen LogP contribution in [0.1, 0.15) is 89.9 Å². The van der Waals surface area contributed by atoms with Crippen molar-refractivity contribution in [1.29, 1.82) is 0 Å². The third-order valence-corrected chi connectivity index (χ3v) is 7.76. The molecule has 0 atom stereocenters. The predicted octanol–water partition coefficient (Wildman–Crippen LogP) is 2.78. The number of rotatable bonds is 6. The fraction of sp³-hybridized carbons (Fsp3) is 0.833. The van der Waals surface area contributed by atoms with Crippen molar-refractivity contribution in [3.8, 4) is 0 Å². The highest BCUT2D eigenvalue weighted by Gasteiger charge is 2.45. The average molecular weight is 451 g/mol. The fourth-order valence-corrected chi connectivity index (χ4v) is 5.76. The van der Waals surface area contributed by atoms with Crippen molar-refractivity contribution in [3.63, 3.8) is 0 Å². The van der Waals surface area contributed by atoms with Crippen LogP contribution >= 0.6 is 0 Å².